The van der Waals surface area contributed by atoms with Crippen molar-refractivity contribution < 1.29 is 14.3 Å². The van der Waals surface area contributed by atoms with Gasteiger partial charge in [0, 0.05) is 18.5 Å². The predicted molar refractivity (Wildman–Crippen MR) is 94.8 cm³/mol. The van der Waals surface area contributed by atoms with Crippen LogP contribution in [-0.2, 0) is 11.2 Å². The Bertz CT molecular complexity index is 725. The summed E-state index contributed by atoms with van der Waals surface area (Å²) in [5, 5.41) is 9.72. The van der Waals surface area contributed by atoms with E-state index in [9.17, 15) is 10.1 Å². The fourth-order valence-corrected chi connectivity index (χ4v) is 3.69. The summed E-state index contributed by atoms with van der Waals surface area (Å²) in [6.45, 7) is 7.50. The van der Waals surface area contributed by atoms with Gasteiger partial charge in [-0.05, 0) is 51.7 Å². The van der Waals surface area contributed by atoms with Crippen LogP contribution in [-0.4, -0.2) is 36.3 Å². The second kappa shape index (κ2) is 6.42. The van der Waals surface area contributed by atoms with E-state index in [2.05, 4.69) is 6.07 Å². The van der Waals surface area contributed by atoms with Gasteiger partial charge in [0.05, 0.1) is 11.6 Å². The summed E-state index contributed by atoms with van der Waals surface area (Å²) in [6, 6.07) is 5.84. The maximum atomic E-state index is 12.2. The SMILES string of the molecule is CC(C)(C)OC(=O)N1CCC2(CC1)COc1c(ccc(Cl)c1C#N)C2. The number of carbonyl (C=O) groups excluding carboxylic acids is 1. The lowest BCUT2D eigenvalue weighted by molar-refractivity contribution is -0.00102. The molecule has 134 valence electrons. The Kier molecular flexibility index (Phi) is 4.59. The number of halogens is 1. The minimum atomic E-state index is -0.480. The van der Waals surface area contributed by atoms with Crippen LogP contribution in [0.4, 0.5) is 4.79 Å². The molecule has 1 aromatic rings. The number of amides is 1. The average Bonchev–Trinajstić information content (AvgIpc) is 2.54. The molecule has 6 heteroatoms. The Hall–Kier alpha value is -1.93. The highest BCUT2D eigenvalue weighted by Crippen LogP contribution is 2.44. The lowest BCUT2D eigenvalue weighted by Gasteiger charge is -2.44. The van der Waals surface area contributed by atoms with Gasteiger partial charge < -0.3 is 14.4 Å². The lowest BCUT2D eigenvalue weighted by Crippen LogP contribution is -2.48. The maximum absolute atomic E-state index is 12.2. The second-order valence-corrected chi connectivity index (χ2v) is 8.36. The summed E-state index contributed by atoms with van der Waals surface area (Å²) in [5.41, 5.74) is 0.969. The number of hydrogen-bond acceptors (Lipinski definition) is 4. The minimum Gasteiger partial charge on any atom is -0.491 e. The number of ether oxygens (including phenoxy) is 2. The van der Waals surface area contributed by atoms with E-state index in [1.807, 2.05) is 26.8 Å². The smallest absolute Gasteiger partial charge is 0.410 e. The summed E-state index contributed by atoms with van der Waals surface area (Å²) in [7, 11) is 0. The van der Waals surface area contributed by atoms with E-state index < -0.39 is 5.60 Å². The van der Waals surface area contributed by atoms with Gasteiger partial charge in [0.15, 0.2) is 0 Å². The van der Waals surface area contributed by atoms with Crippen molar-refractivity contribution in [2.75, 3.05) is 19.7 Å². The number of nitriles is 1. The van der Waals surface area contributed by atoms with E-state index >= 15 is 0 Å². The third-order valence-corrected chi connectivity index (χ3v) is 5.18. The normalized spacial score (nSPS) is 18.9. The number of fused-ring (bicyclic) bond motifs is 1. The molecule has 2 heterocycles. The topological polar surface area (TPSA) is 62.6 Å². The molecule has 3 rings (SSSR count). The summed E-state index contributed by atoms with van der Waals surface area (Å²) < 4.78 is 11.4. The van der Waals surface area contributed by atoms with Gasteiger partial charge in [0.2, 0.25) is 0 Å². The van der Waals surface area contributed by atoms with E-state index in [0.29, 0.717) is 36.0 Å². The first-order chi connectivity index (χ1) is 11.7. The molecule has 1 fully saturated rings. The fraction of sp³-hybridized carbons (Fsp3) is 0.579. The highest BCUT2D eigenvalue weighted by molar-refractivity contribution is 6.32. The van der Waals surface area contributed by atoms with Crippen molar-refractivity contribution in [3.05, 3.63) is 28.3 Å². The Morgan fingerprint density at radius 1 is 1.36 bits per heavy atom. The van der Waals surface area contributed by atoms with Crippen LogP contribution in [0.5, 0.6) is 5.75 Å². The van der Waals surface area contributed by atoms with Gasteiger partial charge in [-0.15, -0.1) is 0 Å². The first-order valence-electron chi connectivity index (χ1n) is 8.55. The number of carbonyl (C=O) groups is 1. The van der Waals surface area contributed by atoms with Gasteiger partial charge in [0.1, 0.15) is 23.0 Å². The van der Waals surface area contributed by atoms with Crippen LogP contribution >= 0.6 is 11.6 Å². The number of nitrogens with zero attached hydrogens (tertiary/aromatic N) is 2. The first-order valence-corrected chi connectivity index (χ1v) is 8.93. The van der Waals surface area contributed by atoms with Crippen molar-refractivity contribution in [1.29, 1.82) is 5.26 Å². The van der Waals surface area contributed by atoms with Crippen molar-refractivity contribution in [2.45, 2.75) is 45.6 Å². The molecule has 25 heavy (non-hydrogen) atoms. The van der Waals surface area contributed by atoms with Gasteiger partial charge in [-0.3, -0.25) is 0 Å². The van der Waals surface area contributed by atoms with Crippen LogP contribution < -0.4 is 4.74 Å². The predicted octanol–water partition coefficient (Wildman–Crippen LogP) is 4.16. The molecule has 0 saturated carbocycles. The number of benzene rings is 1. The van der Waals surface area contributed by atoms with E-state index in [4.69, 9.17) is 21.1 Å². The summed E-state index contributed by atoms with van der Waals surface area (Å²) in [5.74, 6) is 0.621. The highest BCUT2D eigenvalue weighted by atomic mass is 35.5. The number of hydrogen-bond donors (Lipinski definition) is 0. The molecule has 1 spiro atoms. The van der Waals surface area contributed by atoms with E-state index in [-0.39, 0.29) is 11.5 Å². The molecular formula is C19H23ClN2O3. The van der Waals surface area contributed by atoms with Gasteiger partial charge in [-0.1, -0.05) is 17.7 Å². The maximum Gasteiger partial charge on any atom is 0.410 e. The van der Waals surface area contributed by atoms with Crippen molar-refractivity contribution in [2.24, 2.45) is 5.41 Å². The molecule has 2 aliphatic rings. The zero-order valence-electron chi connectivity index (χ0n) is 14.9. The minimum absolute atomic E-state index is 0.00602. The third kappa shape index (κ3) is 3.69. The summed E-state index contributed by atoms with van der Waals surface area (Å²) in [4.78, 5) is 14.0. The molecule has 5 nitrogen and oxygen atoms in total. The van der Waals surface area contributed by atoms with E-state index in [0.717, 1.165) is 24.8 Å². The van der Waals surface area contributed by atoms with Crippen LogP contribution in [0.15, 0.2) is 12.1 Å². The standard InChI is InChI=1S/C19H23ClN2O3/c1-18(2,3)25-17(23)22-8-6-19(7-9-22)10-13-4-5-15(20)14(11-21)16(13)24-12-19/h4-5H,6-10,12H2,1-3H3. The van der Waals surface area contributed by atoms with Crippen LogP contribution in [0.2, 0.25) is 5.02 Å². The molecule has 1 amide bonds. The number of piperidine rings is 1. The Morgan fingerprint density at radius 2 is 2.04 bits per heavy atom. The average molecular weight is 363 g/mol. The van der Waals surface area contributed by atoms with Gasteiger partial charge in [0.25, 0.3) is 0 Å². The summed E-state index contributed by atoms with van der Waals surface area (Å²) >= 11 is 6.08. The molecule has 0 aliphatic carbocycles. The van der Waals surface area contributed by atoms with Crippen molar-refractivity contribution in [1.82, 2.24) is 4.90 Å². The highest BCUT2D eigenvalue weighted by Gasteiger charge is 2.41. The Labute approximate surface area is 153 Å². The molecule has 1 saturated heterocycles. The quantitative estimate of drug-likeness (QED) is 0.695. The van der Waals surface area contributed by atoms with E-state index in [1.54, 1.807) is 11.0 Å². The van der Waals surface area contributed by atoms with E-state index in [1.165, 1.54) is 0 Å². The molecule has 2 aliphatic heterocycles. The lowest BCUT2D eigenvalue weighted by atomic mass is 9.73. The number of likely N-dealkylation sites (tertiary alicyclic amines) is 1. The Morgan fingerprint density at radius 3 is 2.64 bits per heavy atom. The van der Waals surface area contributed by atoms with Gasteiger partial charge >= 0.3 is 6.09 Å². The van der Waals surface area contributed by atoms with Gasteiger partial charge in [-0.25, -0.2) is 4.79 Å². The third-order valence-electron chi connectivity index (χ3n) is 4.86. The van der Waals surface area contributed by atoms with Crippen LogP contribution in [0.25, 0.3) is 0 Å². The molecule has 0 aromatic heterocycles. The van der Waals surface area contributed by atoms with Crippen molar-refractivity contribution >= 4 is 17.7 Å². The molecule has 1 aromatic carbocycles. The van der Waals surface area contributed by atoms with Crippen molar-refractivity contribution in [3.8, 4) is 11.8 Å². The molecular weight excluding hydrogens is 340 g/mol. The molecule has 0 N–H and O–H groups in total. The van der Waals surface area contributed by atoms with Crippen LogP contribution in [0.1, 0.15) is 44.7 Å². The molecule has 0 atom stereocenters. The molecule has 0 bridgehead atoms. The van der Waals surface area contributed by atoms with Crippen molar-refractivity contribution in [3.63, 3.8) is 0 Å². The summed E-state index contributed by atoms with van der Waals surface area (Å²) in [6.07, 6.45) is 2.31. The molecule has 0 radical (unpaired) electrons. The van der Waals surface area contributed by atoms with Crippen LogP contribution in [0.3, 0.4) is 0 Å². The van der Waals surface area contributed by atoms with Gasteiger partial charge in [-0.2, -0.15) is 5.26 Å². The second-order valence-electron chi connectivity index (χ2n) is 7.96. The zero-order chi connectivity index (χ0) is 18.2. The monoisotopic (exact) mass is 362 g/mol. The zero-order valence-corrected chi connectivity index (χ0v) is 15.7. The Balaban J connectivity index is 1.69. The molecule has 0 unspecified atom stereocenters. The van der Waals surface area contributed by atoms with Crippen LogP contribution in [0, 0.1) is 16.7 Å². The first kappa shape index (κ1) is 17.9. The fourth-order valence-electron chi connectivity index (χ4n) is 3.50. The largest absolute Gasteiger partial charge is 0.491 e. The number of rotatable bonds is 0.